The maximum atomic E-state index is 12.3. The standard InChI is InChI=1S/C24H20BN5O2/c25-19-15-28-30-23(13-20(29-24(19)30)18-5-1-2-7-22(18)32)27-12-4-3-6-21(31)17-10-8-16(14-26)9-11-17/h1-2,5,7-11,13,15,27,32H,3-4,6,12H2. The van der Waals surface area contributed by atoms with Crippen molar-refractivity contribution in [3.8, 4) is 23.1 Å². The summed E-state index contributed by atoms with van der Waals surface area (Å²) in [6, 6.07) is 17.5. The first-order valence-corrected chi connectivity index (χ1v) is 10.3. The summed E-state index contributed by atoms with van der Waals surface area (Å²) >= 11 is 0. The Bertz CT molecular complexity index is 1310. The SMILES string of the molecule is [B]c1cnn2c(NCCCCC(=O)c3ccc(C#N)cc3)cc(-c3ccccc3O)nc12. The Hall–Kier alpha value is -4.12. The molecule has 156 valence electrons. The molecule has 4 rings (SSSR count). The molecular formula is C24H20BN5O2. The fraction of sp³-hybridized carbons (Fsp3) is 0.167. The molecule has 2 heterocycles. The molecule has 8 heteroatoms. The van der Waals surface area contributed by atoms with Gasteiger partial charge in [-0.25, -0.2) is 4.98 Å². The number of aromatic nitrogens is 3. The first-order valence-electron chi connectivity index (χ1n) is 10.3. The number of carbonyl (C=O) groups excluding carboxylic acids is 1. The number of nitriles is 1. The lowest BCUT2D eigenvalue weighted by Gasteiger charge is -2.12. The number of Topliss-reactive ketones (excluding diaryl/α,β-unsaturated/α-hetero) is 1. The van der Waals surface area contributed by atoms with Crippen LogP contribution in [-0.2, 0) is 0 Å². The number of phenols is 1. The molecule has 0 amide bonds. The summed E-state index contributed by atoms with van der Waals surface area (Å²) in [5.74, 6) is 0.889. The van der Waals surface area contributed by atoms with Crippen LogP contribution in [0.5, 0.6) is 5.75 Å². The van der Waals surface area contributed by atoms with Crippen LogP contribution in [0.1, 0.15) is 35.2 Å². The molecule has 2 aromatic heterocycles. The van der Waals surface area contributed by atoms with Crippen LogP contribution >= 0.6 is 0 Å². The van der Waals surface area contributed by atoms with E-state index in [2.05, 4.69) is 15.4 Å². The van der Waals surface area contributed by atoms with Gasteiger partial charge in [-0.15, -0.1) is 0 Å². The van der Waals surface area contributed by atoms with Crippen LogP contribution in [0.2, 0.25) is 0 Å². The molecule has 0 aliphatic heterocycles. The second-order valence-corrected chi connectivity index (χ2v) is 7.38. The highest BCUT2D eigenvalue weighted by Gasteiger charge is 2.13. The number of nitrogens with zero attached hydrogens (tertiary/aromatic N) is 4. The minimum Gasteiger partial charge on any atom is -0.507 e. The predicted octanol–water partition coefficient (Wildman–Crippen LogP) is 3.23. The quantitative estimate of drug-likeness (QED) is 0.257. The smallest absolute Gasteiger partial charge is 0.162 e. The molecule has 0 spiro atoms. The van der Waals surface area contributed by atoms with Crippen molar-refractivity contribution in [2.45, 2.75) is 19.3 Å². The van der Waals surface area contributed by atoms with Crippen molar-refractivity contribution in [1.29, 1.82) is 5.26 Å². The number of ketones is 1. The summed E-state index contributed by atoms with van der Waals surface area (Å²) < 4.78 is 1.63. The third-order valence-corrected chi connectivity index (χ3v) is 5.15. The van der Waals surface area contributed by atoms with Crippen LogP contribution in [-0.4, -0.2) is 39.9 Å². The maximum Gasteiger partial charge on any atom is 0.162 e. The number of nitrogens with one attached hydrogen (secondary N) is 1. The van der Waals surface area contributed by atoms with Gasteiger partial charge in [0, 0.05) is 36.4 Å². The monoisotopic (exact) mass is 421 g/mol. The third-order valence-electron chi connectivity index (χ3n) is 5.15. The van der Waals surface area contributed by atoms with Gasteiger partial charge in [0.2, 0.25) is 0 Å². The first kappa shape index (κ1) is 21.1. The summed E-state index contributed by atoms with van der Waals surface area (Å²) in [4.78, 5) is 16.9. The van der Waals surface area contributed by atoms with Crippen LogP contribution in [0.4, 0.5) is 5.82 Å². The van der Waals surface area contributed by atoms with Gasteiger partial charge in [-0.3, -0.25) is 4.79 Å². The molecule has 2 N–H and O–H groups in total. The molecule has 0 fully saturated rings. The van der Waals surface area contributed by atoms with Gasteiger partial charge in [0.1, 0.15) is 19.4 Å². The van der Waals surface area contributed by atoms with E-state index in [4.69, 9.17) is 13.1 Å². The number of aromatic hydroxyl groups is 1. The Balaban J connectivity index is 1.41. The molecule has 0 unspecified atom stereocenters. The van der Waals surface area contributed by atoms with Crippen molar-refractivity contribution in [2.24, 2.45) is 0 Å². The fourth-order valence-corrected chi connectivity index (χ4v) is 3.44. The van der Waals surface area contributed by atoms with Crippen molar-refractivity contribution < 1.29 is 9.90 Å². The van der Waals surface area contributed by atoms with Crippen LogP contribution in [0.25, 0.3) is 16.9 Å². The number of hydrogen-bond acceptors (Lipinski definition) is 6. The molecule has 32 heavy (non-hydrogen) atoms. The Labute approximate surface area is 186 Å². The average Bonchev–Trinajstić information content (AvgIpc) is 3.19. The second kappa shape index (κ2) is 9.35. The Morgan fingerprint density at radius 2 is 1.94 bits per heavy atom. The van der Waals surface area contributed by atoms with Gasteiger partial charge in [-0.1, -0.05) is 24.3 Å². The van der Waals surface area contributed by atoms with E-state index < -0.39 is 0 Å². The summed E-state index contributed by atoms with van der Waals surface area (Å²) in [6.45, 7) is 0.625. The zero-order valence-corrected chi connectivity index (χ0v) is 17.3. The molecule has 2 radical (unpaired) electrons. The minimum absolute atomic E-state index is 0.0579. The van der Waals surface area contributed by atoms with E-state index in [1.165, 1.54) is 0 Å². The van der Waals surface area contributed by atoms with Crippen LogP contribution in [0.15, 0.2) is 60.8 Å². The number of rotatable bonds is 8. The normalized spacial score (nSPS) is 10.7. The number of benzene rings is 2. The third kappa shape index (κ3) is 4.47. The fourth-order valence-electron chi connectivity index (χ4n) is 3.44. The molecule has 0 aliphatic rings. The van der Waals surface area contributed by atoms with E-state index in [-0.39, 0.29) is 11.5 Å². The topological polar surface area (TPSA) is 103 Å². The van der Waals surface area contributed by atoms with E-state index in [1.807, 2.05) is 18.2 Å². The Kier molecular flexibility index (Phi) is 6.18. The van der Waals surface area contributed by atoms with Gasteiger partial charge in [-0.05, 0) is 42.6 Å². The van der Waals surface area contributed by atoms with E-state index >= 15 is 0 Å². The van der Waals surface area contributed by atoms with Crippen molar-refractivity contribution in [3.63, 3.8) is 0 Å². The van der Waals surface area contributed by atoms with E-state index in [0.29, 0.717) is 58.7 Å². The highest BCUT2D eigenvalue weighted by molar-refractivity contribution is 6.36. The molecule has 0 aliphatic carbocycles. The highest BCUT2D eigenvalue weighted by atomic mass is 16.3. The zero-order chi connectivity index (χ0) is 22.5. The van der Waals surface area contributed by atoms with Crippen LogP contribution < -0.4 is 10.8 Å². The second-order valence-electron chi connectivity index (χ2n) is 7.38. The minimum atomic E-state index is 0.0579. The van der Waals surface area contributed by atoms with Crippen LogP contribution in [0, 0.1) is 11.3 Å². The molecule has 0 atom stereocenters. The van der Waals surface area contributed by atoms with Crippen molar-refractivity contribution >= 4 is 30.6 Å². The number of fused-ring (bicyclic) bond motifs is 1. The van der Waals surface area contributed by atoms with E-state index in [0.717, 1.165) is 6.42 Å². The summed E-state index contributed by atoms with van der Waals surface area (Å²) in [5.41, 5.74) is 3.29. The average molecular weight is 421 g/mol. The summed E-state index contributed by atoms with van der Waals surface area (Å²) in [5, 5.41) is 26.7. The molecule has 2 aromatic carbocycles. The van der Waals surface area contributed by atoms with Gasteiger partial charge >= 0.3 is 0 Å². The summed E-state index contributed by atoms with van der Waals surface area (Å²) in [7, 11) is 6.02. The lowest BCUT2D eigenvalue weighted by atomic mass is 10.0. The van der Waals surface area contributed by atoms with Gasteiger partial charge < -0.3 is 10.4 Å². The summed E-state index contributed by atoms with van der Waals surface area (Å²) in [6.07, 6.45) is 3.46. The number of hydrogen-bond donors (Lipinski definition) is 2. The number of para-hydroxylation sites is 1. The molecular weight excluding hydrogens is 401 g/mol. The predicted molar refractivity (Wildman–Crippen MR) is 123 cm³/mol. The Morgan fingerprint density at radius 1 is 1.16 bits per heavy atom. The molecule has 7 nitrogen and oxygen atoms in total. The maximum absolute atomic E-state index is 12.3. The number of unbranched alkanes of at least 4 members (excludes halogenated alkanes) is 1. The zero-order valence-electron chi connectivity index (χ0n) is 17.3. The largest absolute Gasteiger partial charge is 0.507 e. The lowest BCUT2D eigenvalue weighted by Crippen LogP contribution is -2.11. The van der Waals surface area contributed by atoms with Crippen LogP contribution in [0.3, 0.4) is 0 Å². The number of anilines is 1. The Morgan fingerprint density at radius 3 is 2.69 bits per heavy atom. The van der Waals surface area contributed by atoms with Gasteiger partial charge in [0.05, 0.1) is 17.3 Å². The lowest BCUT2D eigenvalue weighted by molar-refractivity contribution is 0.0979. The van der Waals surface area contributed by atoms with Crippen molar-refractivity contribution in [1.82, 2.24) is 14.6 Å². The highest BCUT2D eigenvalue weighted by Crippen LogP contribution is 2.29. The molecule has 0 bridgehead atoms. The molecule has 0 saturated heterocycles. The molecule has 0 saturated carbocycles. The van der Waals surface area contributed by atoms with E-state index in [1.54, 1.807) is 53.2 Å². The van der Waals surface area contributed by atoms with Gasteiger partial charge in [-0.2, -0.15) is 14.9 Å². The number of carbonyl (C=O) groups is 1. The molecule has 4 aromatic rings. The van der Waals surface area contributed by atoms with E-state index in [9.17, 15) is 9.90 Å². The van der Waals surface area contributed by atoms with Gasteiger partial charge in [0.15, 0.2) is 11.4 Å². The number of phenolic OH excluding ortho intramolecular Hbond substituents is 1. The van der Waals surface area contributed by atoms with Gasteiger partial charge in [0.25, 0.3) is 0 Å². The van der Waals surface area contributed by atoms with Crippen molar-refractivity contribution in [2.75, 3.05) is 11.9 Å². The first-order chi connectivity index (χ1) is 15.6. The van der Waals surface area contributed by atoms with Crippen molar-refractivity contribution in [3.05, 3.63) is 71.9 Å².